The van der Waals surface area contributed by atoms with E-state index in [4.69, 9.17) is 0 Å². The van der Waals surface area contributed by atoms with Crippen LogP contribution in [0.25, 0.3) is 0 Å². The van der Waals surface area contributed by atoms with Gasteiger partial charge < -0.3 is 16.0 Å². The first-order valence-corrected chi connectivity index (χ1v) is 8.18. The third-order valence-electron chi connectivity index (χ3n) is 3.69. The summed E-state index contributed by atoms with van der Waals surface area (Å²) in [4.78, 5) is 37.1. The van der Waals surface area contributed by atoms with Gasteiger partial charge >= 0.3 is 6.03 Å². The lowest BCUT2D eigenvalue weighted by atomic mass is 10.1. The number of nitrogens with one attached hydrogen (secondary N) is 3. The van der Waals surface area contributed by atoms with Gasteiger partial charge in [0.15, 0.2) is 0 Å². The minimum Gasteiger partial charge on any atom is -0.356 e. The van der Waals surface area contributed by atoms with Crippen molar-refractivity contribution in [1.29, 1.82) is 0 Å². The van der Waals surface area contributed by atoms with E-state index in [1.807, 2.05) is 0 Å². The number of carbonyl (C=O) groups excluding carboxylic acids is 3. The predicted octanol–water partition coefficient (Wildman–Crippen LogP) is 1.71. The van der Waals surface area contributed by atoms with Gasteiger partial charge in [-0.05, 0) is 24.5 Å². The molecule has 0 unspecified atom stereocenters. The van der Waals surface area contributed by atoms with E-state index in [9.17, 15) is 14.4 Å². The number of urea groups is 1. The highest BCUT2D eigenvalue weighted by Gasteiger charge is 2.26. The molecule has 1 aromatic rings. The van der Waals surface area contributed by atoms with Crippen molar-refractivity contribution in [2.75, 3.05) is 29.9 Å². The minimum atomic E-state index is -0.382. The van der Waals surface area contributed by atoms with E-state index < -0.39 is 0 Å². The van der Waals surface area contributed by atoms with Crippen LogP contribution in [0.1, 0.15) is 26.7 Å². The van der Waals surface area contributed by atoms with Crippen molar-refractivity contribution in [3.63, 3.8) is 0 Å². The van der Waals surface area contributed by atoms with Gasteiger partial charge in [-0.1, -0.05) is 26.0 Å². The highest BCUT2D eigenvalue weighted by Crippen LogP contribution is 2.28. The fourth-order valence-corrected chi connectivity index (χ4v) is 2.38. The van der Waals surface area contributed by atoms with Crippen LogP contribution in [-0.2, 0) is 9.59 Å². The molecule has 24 heavy (non-hydrogen) atoms. The molecule has 0 aliphatic carbocycles. The highest BCUT2D eigenvalue weighted by atomic mass is 16.2. The molecule has 4 amide bonds. The minimum absolute atomic E-state index is 0.0383. The Labute approximate surface area is 141 Å². The molecule has 7 nitrogen and oxygen atoms in total. The van der Waals surface area contributed by atoms with Gasteiger partial charge in [-0.15, -0.1) is 0 Å². The Morgan fingerprint density at radius 3 is 2.71 bits per heavy atom. The van der Waals surface area contributed by atoms with Crippen LogP contribution in [0.15, 0.2) is 24.3 Å². The monoisotopic (exact) mass is 332 g/mol. The largest absolute Gasteiger partial charge is 0.356 e. The van der Waals surface area contributed by atoms with Crippen LogP contribution >= 0.6 is 0 Å². The molecule has 0 fully saturated rings. The third-order valence-corrected chi connectivity index (χ3v) is 3.69. The number of hydrogen-bond acceptors (Lipinski definition) is 3. The Balaban J connectivity index is 1.81. The van der Waals surface area contributed by atoms with Crippen LogP contribution in [0.3, 0.4) is 0 Å². The van der Waals surface area contributed by atoms with E-state index >= 15 is 0 Å². The Bertz CT molecular complexity index is 616. The summed E-state index contributed by atoms with van der Waals surface area (Å²) in [6.45, 7) is 5.03. The van der Waals surface area contributed by atoms with E-state index in [2.05, 4.69) is 29.8 Å². The molecule has 7 heteroatoms. The topological polar surface area (TPSA) is 90.5 Å². The van der Waals surface area contributed by atoms with Gasteiger partial charge in [-0.3, -0.25) is 14.5 Å². The predicted molar refractivity (Wildman–Crippen MR) is 92.9 cm³/mol. The molecule has 1 aliphatic rings. The summed E-state index contributed by atoms with van der Waals surface area (Å²) in [5.41, 5.74) is 1.26. The second-order valence-corrected chi connectivity index (χ2v) is 6.17. The molecule has 1 aromatic carbocycles. The van der Waals surface area contributed by atoms with E-state index in [0.717, 1.165) is 6.42 Å². The SMILES string of the molecule is CC(C)CCNC(=O)CCNC(=O)N1CC(=O)Nc2ccccc21. The van der Waals surface area contributed by atoms with Crippen molar-refractivity contribution < 1.29 is 14.4 Å². The molecule has 0 bridgehead atoms. The number of benzene rings is 1. The lowest BCUT2D eigenvalue weighted by Gasteiger charge is -2.29. The molecule has 0 saturated carbocycles. The van der Waals surface area contributed by atoms with Crippen molar-refractivity contribution in [1.82, 2.24) is 10.6 Å². The molecule has 2 rings (SSSR count). The Hall–Kier alpha value is -2.57. The normalized spacial score (nSPS) is 13.3. The molecule has 130 valence electrons. The first-order valence-electron chi connectivity index (χ1n) is 8.18. The van der Waals surface area contributed by atoms with Crippen molar-refractivity contribution in [2.24, 2.45) is 5.92 Å². The van der Waals surface area contributed by atoms with E-state index in [1.165, 1.54) is 4.90 Å². The van der Waals surface area contributed by atoms with E-state index in [-0.39, 0.29) is 37.4 Å². The van der Waals surface area contributed by atoms with Crippen molar-refractivity contribution in [3.05, 3.63) is 24.3 Å². The summed E-state index contributed by atoms with van der Waals surface area (Å²) in [5, 5.41) is 8.24. The lowest BCUT2D eigenvalue weighted by molar-refractivity contribution is -0.121. The number of anilines is 2. The van der Waals surface area contributed by atoms with Crippen molar-refractivity contribution in [3.8, 4) is 0 Å². The molecule has 0 saturated heterocycles. The quantitative estimate of drug-likeness (QED) is 0.740. The number of fused-ring (bicyclic) bond motifs is 1. The molecule has 0 aromatic heterocycles. The number of carbonyl (C=O) groups is 3. The smallest absolute Gasteiger partial charge is 0.322 e. The standard InChI is InChI=1S/C17H24N4O3/c1-12(2)7-9-18-15(22)8-10-19-17(24)21-11-16(23)20-13-5-3-4-6-14(13)21/h3-6,12H,7-11H2,1-2H3,(H,18,22)(H,19,24)(H,20,23). The van der Waals surface area contributed by atoms with E-state index in [0.29, 0.717) is 23.8 Å². The first-order chi connectivity index (χ1) is 11.5. The average molecular weight is 332 g/mol. The van der Waals surface area contributed by atoms with Gasteiger partial charge in [-0.25, -0.2) is 4.79 Å². The zero-order valence-electron chi connectivity index (χ0n) is 14.1. The summed E-state index contributed by atoms with van der Waals surface area (Å²) < 4.78 is 0. The first kappa shape index (κ1) is 17.8. The summed E-state index contributed by atoms with van der Waals surface area (Å²) >= 11 is 0. The summed E-state index contributed by atoms with van der Waals surface area (Å²) in [7, 11) is 0. The Kier molecular flexibility index (Phi) is 6.17. The van der Waals surface area contributed by atoms with Crippen LogP contribution in [0, 0.1) is 5.92 Å². The van der Waals surface area contributed by atoms with Crippen LogP contribution < -0.4 is 20.9 Å². The number of para-hydroxylation sites is 2. The summed E-state index contributed by atoms with van der Waals surface area (Å²) in [6, 6.07) is 6.73. The Morgan fingerprint density at radius 1 is 1.21 bits per heavy atom. The fourth-order valence-electron chi connectivity index (χ4n) is 2.38. The zero-order valence-corrected chi connectivity index (χ0v) is 14.1. The second kappa shape index (κ2) is 8.33. The maximum absolute atomic E-state index is 12.3. The van der Waals surface area contributed by atoms with Gasteiger partial charge in [-0.2, -0.15) is 0 Å². The van der Waals surface area contributed by atoms with E-state index in [1.54, 1.807) is 24.3 Å². The lowest BCUT2D eigenvalue weighted by Crippen LogP contribution is -2.47. The number of rotatable bonds is 6. The number of nitrogens with zero attached hydrogens (tertiary/aromatic N) is 1. The van der Waals surface area contributed by atoms with Crippen LogP contribution in [0.2, 0.25) is 0 Å². The molecule has 0 radical (unpaired) electrons. The fraction of sp³-hybridized carbons (Fsp3) is 0.471. The Morgan fingerprint density at radius 2 is 1.96 bits per heavy atom. The molecular weight excluding hydrogens is 308 g/mol. The molecule has 1 heterocycles. The highest BCUT2D eigenvalue weighted by molar-refractivity contribution is 6.09. The van der Waals surface area contributed by atoms with Gasteiger partial charge in [0.05, 0.1) is 11.4 Å². The van der Waals surface area contributed by atoms with Gasteiger partial charge in [0.2, 0.25) is 11.8 Å². The van der Waals surface area contributed by atoms with Gasteiger partial charge in [0.25, 0.3) is 0 Å². The molecule has 3 N–H and O–H groups in total. The molecule has 0 spiro atoms. The number of hydrogen-bond donors (Lipinski definition) is 3. The maximum atomic E-state index is 12.3. The van der Waals surface area contributed by atoms with Crippen molar-refractivity contribution >= 4 is 29.2 Å². The van der Waals surface area contributed by atoms with Gasteiger partial charge in [0.1, 0.15) is 6.54 Å². The van der Waals surface area contributed by atoms with Crippen LogP contribution in [-0.4, -0.2) is 37.5 Å². The third kappa shape index (κ3) is 4.97. The molecular formula is C17H24N4O3. The molecule has 0 atom stereocenters. The van der Waals surface area contributed by atoms with Crippen LogP contribution in [0.4, 0.5) is 16.2 Å². The van der Waals surface area contributed by atoms with Crippen LogP contribution in [0.5, 0.6) is 0 Å². The molecule has 1 aliphatic heterocycles. The maximum Gasteiger partial charge on any atom is 0.322 e. The summed E-state index contributed by atoms with van der Waals surface area (Å²) in [6.07, 6.45) is 1.14. The number of amides is 4. The average Bonchev–Trinajstić information content (AvgIpc) is 2.53. The zero-order chi connectivity index (χ0) is 17.5. The second-order valence-electron chi connectivity index (χ2n) is 6.17. The van der Waals surface area contributed by atoms with Crippen molar-refractivity contribution in [2.45, 2.75) is 26.7 Å². The summed E-state index contributed by atoms with van der Waals surface area (Å²) in [5.74, 6) is 0.207. The van der Waals surface area contributed by atoms with Gasteiger partial charge in [0, 0.05) is 19.5 Å².